The van der Waals surface area contributed by atoms with Gasteiger partial charge in [-0.15, -0.1) is 0 Å². The van der Waals surface area contributed by atoms with Crippen molar-refractivity contribution in [3.8, 4) is 11.5 Å². The molecule has 1 atom stereocenters. The van der Waals surface area contributed by atoms with E-state index in [9.17, 15) is 14.4 Å². The highest BCUT2D eigenvalue weighted by atomic mass is 16.5. The number of ether oxygens (including phenoxy) is 2. The van der Waals surface area contributed by atoms with Gasteiger partial charge in [-0.3, -0.25) is 19.7 Å². The van der Waals surface area contributed by atoms with E-state index in [4.69, 9.17) is 9.47 Å². The Hall–Kier alpha value is -2.57. The number of benzene rings is 1. The molecule has 0 aromatic heterocycles. The van der Waals surface area contributed by atoms with Crippen molar-refractivity contribution in [1.29, 1.82) is 0 Å². The summed E-state index contributed by atoms with van der Waals surface area (Å²) in [5.74, 6) is -0.147. The van der Waals surface area contributed by atoms with Crippen LogP contribution in [0.2, 0.25) is 0 Å². The number of nitrogens with zero attached hydrogens (tertiary/aromatic N) is 1. The smallest absolute Gasteiger partial charge is 0.254 e. The second-order valence-corrected chi connectivity index (χ2v) is 5.02. The molecule has 0 saturated carbocycles. The second kappa shape index (κ2) is 7.13. The van der Waals surface area contributed by atoms with Crippen LogP contribution in [0.4, 0.5) is 0 Å². The first-order valence-electron chi connectivity index (χ1n) is 7.47. The highest BCUT2D eigenvalue weighted by molar-refractivity contribution is 6.08. The van der Waals surface area contributed by atoms with Crippen LogP contribution in [0.5, 0.6) is 11.5 Å². The molecule has 7 heteroatoms. The van der Waals surface area contributed by atoms with E-state index < -0.39 is 11.9 Å². The van der Waals surface area contributed by atoms with Crippen LogP contribution >= 0.6 is 0 Å². The number of carbonyl (C=O) groups excluding carboxylic acids is 3. The summed E-state index contributed by atoms with van der Waals surface area (Å²) < 4.78 is 10.7. The van der Waals surface area contributed by atoms with Crippen molar-refractivity contribution in [1.82, 2.24) is 10.2 Å². The Labute approximate surface area is 134 Å². The zero-order valence-corrected chi connectivity index (χ0v) is 13.4. The van der Waals surface area contributed by atoms with E-state index in [1.54, 1.807) is 25.1 Å². The molecule has 7 nitrogen and oxygen atoms in total. The highest BCUT2D eigenvalue weighted by Gasteiger charge is 2.37. The van der Waals surface area contributed by atoms with E-state index in [0.717, 1.165) is 0 Å². The van der Waals surface area contributed by atoms with Crippen molar-refractivity contribution in [2.75, 3.05) is 20.3 Å². The van der Waals surface area contributed by atoms with Gasteiger partial charge in [0.15, 0.2) is 11.5 Å². The van der Waals surface area contributed by atoms with Gasteiger partial charge in [0.1, 0.15) is 6.04 Å². The Morgan fingerprint density at radius 3 is 2.57 bits per heavy atom. The minimum absolute atomic E-state index is 0.00736. The van der Waals surface area contributed by atoms with Gasteiger partial charge in [-0.25, -0.2) is 0 Å². The van der Waals surface area contributed by atoms with Gasteiger partial charge in [0.05, 0.1) is 20.1 Å². The normalized spacial score (nSPS) is 16.9. The summed E-state index contributed by atoms with van der Waals surface area (Å²) in [5.41, 5.74) is 0.374. The first-order chi connectivity index (χ1) is 11.0. The standard InChI is InChI=1S/C16H20N2O5/c1-4-18(11-9-14(19)17-15(11)20)16(21)10-6-7-12(23-5-2)13(8-10)22-3/h6-8,11H,4-5,9H2,1-3H3,(H,17,19,20)/t11-/m0/s1. The monoisotopic (exact) mass is 320 g/mol. The van der Waals surface area contributed by atoms with Gasteiger partial charge in [-0.05, 0) is 32.0 Å². The molecule has 1 N–H and O–H groups in total. The second-order valence-electron chi connectivity index (χ2n) is 5.02. The third-order valence-electron chi connectivity index (χ3n) is 3.63. The number of likely N-dealkylation sites (N-methyl/N-ethyl adjacent to an activating group) is 1. The van der Waals surface area contributed by atoms with E-state index in [1.165, 1.54) is 12.0 Å². The van der Waals surface area contributed by atoms with E-state index in [2.05, 4.69) is 5.32 Å². The number of carbonyl (C=O) groups is 3. The van der Waals surface area contributed by atoms with Crippen LogP contribution in [0.1, 0.15) is 30.6 Å². The summed E-state index contributed by atoms with van der Waals surface area (Å²) in [4.78, 5) is 37.2. The molecule has 0 aliphatic carbocycles. The van der Waals surface area contributed by atoms with Crippen molar-refractivity contribution in [3.63, 3.8) is 0 Å². The number of hydrogen-bond donors (Lipinski definition) is 1. The Morgan fingerprint density at radius 2 is 2.04 bits per heavy atom. The molecule has 3 amide bonds. The molecule has 1 aromatic carbocycles. The van der Waals surface area contributed by atoms with Crippen LogP contribution in [0, 0.1) is 0 Å². The third kappa shape index (κ3) is 3.44. The van der Waals surface area contributed by atoms with Crippen LogP contribution in [-0.4, -0.2) is 48.9 Å². The Morgan fingerprint density at radius 1 is 1.30 bits per heavy atom. The lowest BCUT2D eigenvalue weighted by Gasteiger charge is -2.25. The van der Waals surface area contributed by atoms with Gasteiger partial charge < -0.3 is 14.4 Å². The molecule has 0 spiro atoms. The van der Waals surface area contributed by atoms with Gasteiger partial charge in [0.25, 0.3) is 5.91 Å². The van der Waals surface area contributed by atoms with Gasteiger partial charge in [0, 0.05) is 12.1 Å². The van der Waals surface area contributed by atoms with Crippen molar-refractivity contribution in [2.24, 2.45) is 0 Å². The maximum absolute atomic E-state index is 12.7. The van der Waals surface area contributed by atoms with E-state index >= 15 is 0 Å². The lowest BCUT2D eigenvalue weighted by molar-refractivity contribution is -0.126. The molecule has 1 aromatic rings. The fraction of sp³-hybridized carbons (Fsp3) is 0.438. The molecule has 0 bridgehead atoms. The van der Waals surface area contributed by atoms with Crippen molar-refractivity contribution < 1.29 is 23.9 Å². The molecule has 1 fully saturated rings. The predicted octanol–water partition coefficient (Wildman–Crippen LogP) is 0.971. The average Bonchev–Trinajstić information content (AvgIpc) is 2.87. The number of imide groups is 1. The highest BCUT2D eigenvalue weighted by Crippen LogP contribution is 2.29. The van der Waals surface area contributed by atoms with Crippen LogP contribution in [0.25, 0.3) is 0 Å². The summed E-state index contributed by atoms with van der Waals surface area (Å²) in [5, 5.41) is 2.22. The van der Waals surface area contributed by atoms with Crippen LogP contribution in [-0.2, 0) is 9.59 Å². The number of methoxy groups -OCH3 is 1. The summed E-state index contributed by atoms with van der Waals surface area (Å²) in [7, 11) is 1.49. The first kappa shape index (κ1) is 16.8. The van der Waals surface area contributed by atoms with Gasteiger partial charge >= 0.3 is 0 Å². The van der Waals surface area contributed by atoms with E-state index in [1.807, 2.05) is 6.92 Å². The third-order valence-corrected chi connectivity index (χ3v) is 3.63. The summed E-state index contributed by atoms with van der Waals surface area (Å²) in [6.45, 7) is 4.42. The summed E-state index contributed by atoms with van der Waals surface area (Å²) in [6.07, 6.45) is -0.00736. The Balaban J connectivity index is 2.27. The van der Waals surface area contributed by atoms with Crippen LogP contribution < -0.4 is 14.8 Å². The fourth-order valence-electron chi connectivity index (χ4n) is 2.54. The molecule has 0 unspecified atom stereocenters. The van der Waals surface area contributed by atoms with E-state index in [0.29, 0.717) is 30.2 Å². The summed E-state index contributed by atoms with van der Waals surface area (Å²) in [6, 6.07) is 4.08. The SMILES string of the molecule is CCOc1ccc(C(=O)N(CC)[C@H]2CC(=O)NC2=O)cc1OC. The molecule has 0 radical (unpaired) electrons. The first-order valence-corrected chi connectivity index (χ1v) is 7.47. The Kier molecular flexibility index (Phi) is 5.20. The topological polar surface area (TPSA) is 84.9 Å². The number of rotatable bonds is 6. The maximum atomic E-state index is 12.7. The van der Waals surface area contributed by atoms with Crippen LogP contribution in [0.3, 0.4) is 0 Å². The summed E-state index contributed by atoms with van der Waals surface area (Å²) >= 11 is 0. The molecule has 1 heterocycles. The lowest BCUT2D eigenvalue weighted by atomic mass is 10.1. The predicted molar refractivity (Wildman–Crippen MR) is 82.4 cm³/mol. The molecular formula is C16H20N2O5. The molecule has 1 aliphatic rings. The minimum Gasteiger partial charge on any atom is -0.493 e. The maximum Gasteiger partial charge on any atom is 0.254 e. The quantitative estimate of drug-likeness (QED) is 0.790. The average molecular weight is 320 g/mol. The molecule has 1 aliphatic heterocycles. The number of amides is 3. The Bertz CT molecular complexity index is 629. The zero-order chi connectivity index (χ0) is 17.0. The van der Waals surface area contributed by atoms with Gasteiger partial charge in [-0.2, -0.15) is 0 Å². The molecule has 1 saturated heterocycles. The van der Waals surface area contributed by atoms with Gasteiger partial charge in [-0.1, -0.05) is 0 Å². The van der Waals surface area contributed by atoms with E-state index in [-0.39, 0.29) is 18.2 Å². The lowest BCUT2D eigenvalue weighted by Crippen LogP contribution is -2.44. The molecular weight excluding hydrogens is 300 g/mol. The van der Waals surface area contributed by atoms with Crippen LogP contribution in [0.15, 0.2) is 18.2 Å². The van der Waals surface area contributed by atoms with Crippen molar-refractivity contribution >= 4 is 17.7 Å². The fourth-order valence-corrected chi connectivity index (χ4v) is 2.54. The minimum atomic E-state index is -0.766. The molecule has 124 valence electrons. The number of nitrogens with one attached hydrogen (secondary N) is 1. The zero-order valence-electron chi connectivity index (χ0n) is 13.4. The largest absolute Gasteiger partial charge is 0.493 e. The molecule has 2 rings (SSSR count). The van der Waals surface area contributed by atoms with Crippen molar-refractivity contribution in [3.05, 3.63) is 23.8 Å². The van der Waals surface area contributed by atoms with Gasteiger partial charge in [0.2, 0.25) is 11.8 Å². The molecule has 23 heavy (non-hydrogen) atoms. The van der Waals surface area contributed by atoms with Crippen molar-refractivity contribution in [2.45, 2.75) is 26.3 Å². The number of hydrogen-bond acceptors (Lipinski definition) is 5.